The van der Waals surface area contributed by atoms with Crippen molar-refractivity contribution in [2.45, 2.75) is 24.8 Å². The third kappa shape index (κ3) is 4.38. The molecule has 26 heavy (non-hydrogen) atoms. The van der Waals surface area contributed by atoms with E-state index in [1.54, 1.807) is 12.1 Å². The molecular weight excluding hydrogens is 349 g/mol. The van der Waals surface area contributed by atoms with Crippen molar-refractivity contribution >= 4 is 28.4 Å². The van der Waals surface area contributed by atoms with Crippen molar-refractivity contribution in [2.75, 3.05) is 12.3 Å². The highest BCUT2D eigenvalue weighted by atomic mass is 32.2. The van der Waals surface area contributed by atoms with E-state index >= 15 is 0 Å². The molecule has 3 aromatic rings. The topological polar surface area (TPSA) is 54.9 Å². The van der Waals surface area contributed by atoms with Crippen LogP contribution in [0.1, 0.15) is 19.8 Å². The molecule has 0 atom stereocenters. The summed E-state index contributed by atoms with van der Waals surface area (Å²) in [5.41, 5.74) is 1.52. The van der Waals surface area contributed by atoms with Gasteiger partial charge in [-0.15, -0.1) is 10.2 Å². The lowest BCUT2D eigenvalue weighted by atomic mass is 10.1. The van der Waals surface area contributed by atoms with Gasteiger partial charge >= 0.3 is 0 Å². The molecule has 0 aliphatic heterocycles. The van der Waals surface area contributed by atoms with E-state index in [0.29, 0.717) is 18.0 Å². The summed E-state index contributed by atoms with van der Waals surface area (Å²) in [6, 6.07) is 14.0. The number of carbonyl (C=O) groups is 1. The van der Waals surface area contributed by atoms with Crippen molar-refractivity contribution in [3.05, 3.63) is 54.3 Å². The van der Waals surface area contributed by atoms with Crippen LogP contribution in [0.5, 0.6) is 0 Å². The van der Waals surface area contributed by atoms with Crippen molar-refractivity contribution in [3.8, 4) is 11.3 Å². The van der Waals surface area contributed by atoms with Crippen LogP contribution in [0, 0.1) is 5.82 Å². The molecule has 0 radical (unpaired) electrons. The van der Waals surface area contributed by atoms with Crippen LogP contribution in [-0.4, -0.2) is 28.4 Å². The van der Waals surface area contributed by atoms with E-state index in [0.717, 1.165) is 34.2 Å². The molecule has 0 saturated carbocycles. The molecule has 0 aliphatic rings. The molecule has 0 aliphatic carbocycles. The second kappa shape index (κ2) is 8.76. The molecule has 1 N–H and O–H groups in total. The molecule has 3 rings (SSSR count). The summed E-state index contributed by atoms with van der Waals surface area (Å²) in [6.45, 7) is 2.79. The standard InChI is InChI=1S/C20H20FN3OS/c1-2-3-12-22-18(25)13-26-20-17-7-5-4-6-16(17)19(23-24-20)14-8-10-15(21)11-9-14/h4-11H,2-3,12-13H2,1H3,(H,22,25). The van der Waals surface area contributed by atoms with Gasteiger partial charge < -0.3 is 5.32 Å². The van der Waals surface area contributed by atoms with E-state index in [1.165, 1.54) is 23.9 Å². The molecule has 6 heteroatoms. The van der Waals surface area contributed by atoms with Crippen molar-refractivity contribution in [2.24, 2.45) is 0 Å². The molecular formula is C20H20FN3OS. The number of halogens is 1. The van der Waals surface area contributed by atoms with Crippen molar-refractivity contribution in [1.29, 1.82) is 0 Å². The minimum Gasteiger partial charge on any atom is -0.355 e. The van der Waals surface area contributed by atoms with Gasteiger partial charge in [0, 0.05) is 22.9 Å². The number of nitrogens with zero attached hydrogens (tertiary/aromatic N) is 2. The minimum absolute atomic E-state index is 0.00283. The van der Waals surface area contributed by atoms with Gasteiger partial charge in [-0.2, -0.15) is 0 Å². The molecule has 2 aromatic carbocycles. The van der Waals surface area contributed by atoms with Crippen LogP contribution >= 0.6 is 11.8 Å². The van der Waals surface area contributed by atoms with Gasteiger partial charge in [0.2, 0.25) is 5.91 Å². The van der Waals surface area contributed by atoms with E-state index in [4.69, 9.17) is 0 Å². The van der Waals surface area contributed by atoms with Crippen molar-refractivity contribution in [1.82, 2.24) is 15.5 Å². The number of carbonyl (C=O) groups excluding carboxylic acids is 1. The average Bonchev–Trinajstić information content (AvgIpc) is 2.67. The Morgan fingerprint density at radius 2 is 1.81 bits per heavy atom. The normalized spacial score (nSPS) is 10.8. The number of aromatic nitrogens is 2. The summed E-state index contributed by atoms with van der Waals surface area (Å²) in [6.07, 6.45) is 2.03. The highest BCUT2D eigenvalue weighted by Crippen LogP contribution is 2.31. The zero-order valence-electron chi connectivity index (χ0n) is 14.5. The van der Waals surface area contributed by atoms with Crippen LogP contribution in [0.4, 0.5) is 4.39 Å². The van der Waals surface area contributed by atoms with Crippen molar-refractivity contribution in [3.63, 3.8) is 0 Å². The summed E-state index contributed by atoms with van der Waals surface area (Å²) in [7, 11) is 0. The Hall–Kier alpha value is -2.47. The van der Waals surface area contributed by atoms with Gasteiger partial charge in [-0.1, -0.05) is 49.4 Å². The zero-order valence-corrected chi connectivity index (χ0v) is 15.4. The summed E-state index contributed by atoms with van der Waals surface area (Å²) < 4.78 is 13.2. The smallest absolute Gasteiger partial charge is 0.230 e. The number of amides is 1. The average molecular weight is 369 g/mol. The van der Waals surface area contributed by atoms with Gasteiger partial charge in [-0.05, 0) is 30.7 Å². The molecule has 0 bridgehead atoms. The number of benzene rings is 2. The lowest BCUT2D eigenvalue weighted by Gasteiger charge is -2.09. The van der Waals surface area contributed by atoms with Gasteiger partial charge in [-0.3, -0.25) is 4.79 Å². The first-order valence-electron chi connectivity index (χ1n) is 8.60. The predicted octanol–water partition coefficient (Wildman–Crippen LogP) is 4.44. The van der Waals surface area contributed by atoms with Crippen LogP contribution in [0.15, 0.2) is 53.6 Å². The quantitative estimate of drug-likeness (QED) is 0.494. The third-order valence-electron chi connectivity index (χ3n) is 3.96. The number of hydrogen-bond acceptors (Lipinski definition) is 4. The Balaban J connectivity index is 1.84. The number of hydrogen-bond donors (Lipinski definition) is 1. The highest BCUT2D eigenvalue weighted by Gasteiger charge is 2.12. The molecule has 4 nitrogen and oxygen atoms in total. The Labute approximate surface area is 156 Å². The van der Waals surface area contributed by atoms with Gasteiger partial charge in [0.1, 0.15) is 16.5 Å². The fourth-order valence-electron chi connectivity index (χ4n) is 2.60. The second-order valence-corrected chi connectivity index (χ2v) is 6.86. The van der Waals surface area contributed by atoms with E-state index < -0.39 is 0 Å². The van der Waals surface area contributed by atoms with Crippen LogP contribution in [0.25, 0.3) is 22.0 Å². The largest absolute Gasteiger partial charge is 0.355 e. The zero-order chi connectivity index (χ0) is 18.4. The second-order valence-electron chi connectivity index (χ2n) is 5.90. The van der Waals surface area contributed by atoms with Crippen molar-refractivity contribution < 1.29 is 9.18 Å². The fourth-order valence-corrected chi connectivity index (χ4v) is 3.40. The minimum atomic E-state index is -0.285. The van der Waals surface area contributed by atoms with Crippen LogP contribution in [0.2, 0.25) is 0 Å². The first kappa shape index (κ1) is 18.3. The summed E-state index contributed by atoms with van der Waals surface area (Å²) in [5.74, 6) is 0.0161. The molecule has 0 fully saturated rings. The van der Waals surface area contributed by atoms with Gasteiger partial charge in [0.15, 0.2) is 0 Å². The van der Waals surface area contributed by atoms with E-state index in [9.17, 15) is 9.18 Å². The fraction of sp³-hybridized carbons (Fsp3) is 0.250. The number of fused-ring (bicyclic) bond motifs is 1. The molecule has 0 spiro atoms. The number of rotatable bonds is 7. The molecule has 1 heterocycles. The number of nitrogens with one attached hydrogen (secondary N) is 1. The molecule has 0 unspecified atom stereocenters. The molecule has 1 aromatic heterocycles. The Bertz CT molecular complexity index is 899. The van der Waals surface area contributed by atoms with Gasteiger partial charge in [0.25, 0.3) is 0 Å². The Kier molecular flexibility index (Phi) is 6.17. The molecule has 0 saturated heterocycles. The highest BCUT2D eigenvalue weighted by molar-refractivity contribution is 8.00. The van der Waals surface area contributed by atoms with E-state index in [2.05, 4.69) is 22.4 Å². The number of unbranched alkanes of at least 4 members (excludes halogenated alkanes) is 1. The first-order chi connectivity index (χ1) is 12.7. The lowest BCUT2D eigenvalue weighted by Crippen LogP contribution is -2.26. The summed E-state index contributed by atoms with van der Waals surface area (Å²) >= 11 is 1.38. The van der Waals surface area contributed by atoms with E-state index in [-0.39, 0.29) is 11.7 Å². The van der Waals surface area contributed by atoms with E-state index in [1.807, 2.05) is 24.3 Å². The Morgan fingerprint density at radius 1 is 1.08 bits per heavy atom. The first-order valence-corrected chi connectivity index (χ1v) is 9.58. The predicted molar refractivity (Wildman–Crippen MR) is 104 cm³/mol. The summed E-state index contributed by atoms with van der Waals surface area (Å²) in [5, 5.41) is 14.1. The maximum absolute atomic E-state index is 13.2. The molecule has 1 amide bonds. The van der Waals surface area contributed by atoms with Crippen LogP contribution in [0.3, 0.4) is 0 Å². The molecule has 134 valence electrons. The van der Waals surface area contributed by atoms with Crippen LogP contribution < -0.4 is 5.32 Å². The van der Waals surface area contributed by atoms with Gasteiger partial charge in [0.05, 0.1) is 5.75 Å². The maximum Gasteiger partial charge on any atom is 0.230 e. The Morgan fingerprint density at radius 3 is 2.54 bits per heavy atom. The third-order valence-corrected chi connectivity index (χ3v) is 4.95. The van der Waals surface area contributed by atoms with Gasteiger partial charge in [-0.25, -0.2) is 4.39 Å². The maximum atomic E-state index is 13.2. The monoisotopic (exact) mass is 369 g/mol. The van der Waals surface area contributed by atoms with Crippen LogP contribution in [-0.2, 0) is 4.79 Å². The number of thioether (sulfide) groups is 1. The summed E-state index contributed by atoms with van der Waals surface area (Å²) in [4.78, 5) is 11.9. The SMILES string of the molecule is CCCCNC(=O)CSc1nnc(-c2ccc(F)cc2)c2ccccc12. The lowest BCUT2D eigenvalue weighted by molar-refractivity contribution is -0.118.